The number of benzene rings is 2. The second kappa shape index (κ2) is 10.5. The number of anilines is 1. The molecule has 2 heterocycles. The van der Waals surface area contributed by atoms with Crippen LogP contribution in [0.4, 0.5) is 5.69 Å². The van der Waals surface area contributed by atoms with Gasteiger partial charge in [-0.1, -0.05) is 37.3 Å². The predicted octanol–water partition coefficient (Wildman–Crippen LogP) is 2.16. The molecule has 0 spiro atoms. The molecule has 0 radical (unpaired) electrons. The first-order valence-corrected chi connectivity index (χ1v) is 13.6. The van der Waals surface area contributed by atoms with E-state index in [1.54, 1.807) is 29.2 Å². The van der Waals surface area contributed by atoms with Crippen LogP contribution in [0, 0.1) is 12.8 Å². The molecule has 35 heavy (non-hydrogen) atoms. The Morgan fingerprint density at radius 1 is 1.06 bits per heavy atom. The number of amides is 2. The highest BCUT2D eigenvalue weighted by Crippen LogP contribution is 2.31. The first kappa shape index (κ1) is 25.3. The molecule has 2 amide bonds. The van der Waals surface area contributed by atoms with E-state index in [1.165, 1.54) is 4.31 Å². The van der Waals surface area contributed by atoms with Crippen LogP contribution in [0.15, 0.2) is 47.4 Å². The zero-order valence-corrected chi connectivity index (χ0v) is 21.5. The van der Waals surface area contributed by atoms with Crippen LogP contribution in [0.5, 0.6) is 0 Å². The maximum Gasteiger partial charge on any atom is 0.243 e. The van der Waals surface area contributed by atoms with Gasteiger partial charge in [-0.15, -0.1) is 0 Å². The Morgan fingerprint density at radius 3 is 2.40 bits per heavy atom. The first-order valence-electron chi connectivity index (χ1n) is 12.1. The van der Waals surface area contributed by atoms with Crippen LogP contribution >= 0.6 is 0 Å². The quantitative estimate of drug-likeness (QED) is 0.632. The van der Waals surface area contributed by atoms with Gasteiger partial charge in [0.1, 0.15) is 0 Å². The molecule has 2 fully saturated rings. The summed E-state index contributed by atoms with van der Waals surface area (Å²) < 4.78 is 27.3. The Balaban J connectivity index is 1.36. The third kappa shape index (κ3) is 5.42. The van der Waals surface area contributed by atoms with Gasteiger partial charge >= 0.3 is 0 Å². The minimum atomic E-state index is -3.52. The topological polar surface area (TPSA) is 90.0 Å². The van der Waals surface area contributed by atoms with Crippen LogP contribution in [0.25, 0.3) is 0 Å². The van der Waals surface area contributed by atoms with E-state index >= 15 is 0 Å². The van der Waals surface area contributed by atoms with E-state index in [9.17, 15) is 18.0 Å². The lowest BCUT2D eigenvalue weighted by Crippen LogP contribution is -2.47. The van der Waals surface area contributed by atoms with Crippen molar-refractivity contribution >= 4 is 27.5 Å². The van der Waals surface area contributed by atoms with Crippen LogP contribution in [0.3, 0.4) is 0 Å². The average molecular weight is 499 g/mol. The Labute approximate surface area is 207 Å². The smallest absolute Gasteiger partial charge is 0.243 e. The van der Waals surface area contributed by atoms with Gasteiger partial charge in [-0.3, -0.25) is 9.59 Å². The van der Waals surface area contributed by atoms with Crippen molar-refractivity contribution in [1.82, 2.24) is 14.5 Å². The highest BCUT2D eigenvalue weighted by Gasteiger charge is 2.36. The SMILES string of the molecule is CCc1cccc(C)c1N1CC(C(=O)NCc2ccc(S(=O)(=O)N3CCN(C)CC3)cc2)CC1=O. The second-order valence-corrected chi connectivity index (χ2v) is 11.3. The van der Waals surface area contributed by atoms with E-state index in [0.29, 0.717) is 32.7 Å². The van der Waals surface area contributed by atoms with Gasteiger partial charge in [0, 0.05) is 51.4 Å². The van der Waals surface area contributed by atoms with Crippen LogP contribution in [0.2, 0.25) is 0 Å². The van der Waals surface area contributed by atoms with Crippen molar-refractivity contribution < 1.29 is 18.0 Å². The molecule has 1 N–H and O–H groups in total. The normalized spacial score (nSPS) is 19.8. The van der Waals surface area contributed by atoms with Crippen molar-refractivity contribution in [3.8, 4) is 0 Å². The third-order valence-corrected chi connectivity index (χ3v) is 8.87. The maximum absolute atomic E-state index is 12.9. The summed E-state index contributed by atoms with van der Waals surface area (Å²) >= 11 is 0. The Kier molecular flexibility index (Phi) is 7.59. The number of carbonyl (C=O) groups excluding carboxylic acids is 2. The Morgan fingerprint density at radius 2 is 1.74 bits per heavy atom. The fourth-order valence-corrected chi connectivity index (χ4v) is 6.20. The molecule has 8 nitrogen and oxygen atoms in total. The summed E-state index contributed by atoms with van der Waals surface area (Å²) in [5.74, 6) is -0.613. The van der Waals surface area contributed by atoms with Crippen molar-refractivity contribution in [3.63, 3.8) is 0 Å². The number of rotatable bonds is 7. The predicted molar refractivity (Wildman–Crippen MR) is 136 cm³/mol. The Bertz CT molecular complexity index is 1190. The standard InChI is InChI=1S/C26H34N4O4S/c1-4-21-7-5-6-19(2)25(21)30-18-22(16-24(30)31)26(32)27-17-20-8-10-23(11-9-20)35(33,34)29-14-12-28(3)13-15-29/h5-11,22H,4,12-18H2,1-3H3,(H,27,32). The summed E-state index contributed by atoms with van der Waals surface area (Å²) in [6, 6.07) is 12.7. The molecule has 0 bridgehead atoms. The van der Waals surface area contributed by atoms with Crippen molar-refractivity contribution in [2.24, 2.45) is 5.92 Å². The van der Waals surface area contributed by atoms with Gasteiger partial charge in [0.15, 0.2) is 0 Å². The van der Waals surface area contributed by atoms with Gasteiger partial charge in [0.25, 0.3) is 0 Å². The summed E-state index contributed by atoms with van der Waals surface area (Å²) in [6.45, 7) is 7.09. The van der Waals surface area contributed by atoms with Crippen molar-refractivity contribution in [3.05, 3.63) is 59.2 Å². The largest absolute Gasteiger partial charge is 0.352 e. The van der Waals surface area contributed by atoms with Gasteiger partial charge in [-0.25, -0.2) is 8.42 Å². The molecule has 2 aliphatic rings. The fraction of sp³-hybridized carbons (Fsp3) is 0.462. The number of aryl methyl sites for hydroxylation is 2. The number of carbonyl (C=O) groups is 2. The van der Waals surface area contributed by atoms with E-state index in [0.717, 1.165) is 28.8 Å². The highest BCUT2D eigenvalue weighted by molar-refractivity contribution is 7.89. The van der Waals surface area contributed by atoms with E-state index in [4.69, 9.17) is 0 Å². The lowest BCUT2D eigenvalue weighted by Gasteiger charge is -2.31. The molecule has 2 saturated heterocycles. The summed E-state index contributed by atoms with van der Waals surface area (Å²) in [7, 11) is -1.53. The number of piperazine rings is 1. The number of para-hydroxylation sites is 1. The van der Waals surface area contributed by atoms with E-state index in [-0.39, 0.29) is 29.7 Å². The minimum absolute atomic E-state index is 0.0346. The van der Waals surface area contributed by atoms with Gasteiger partial charge in [-0.05, 0) is 49.2 Å². The van der Waals surface area contributed by atoms with Gasteiger partial charge < -0.3 is 15.1 Å². The number of nitrogens with one attached hydrogen (secondary N) is 1. The second-order valence-electron chi connectivity index (χ2n) is 9.41. The lowest BCUT2D eigenvalue weighted by atomic mass is 10.0. The van der Waals surface area contributed by atoms with Gasteiger partial charge in [0.05, 0.1) is 10.8 Å². The number of hydrogen-bond donors (Lipinski definition) is 1. The van der Waals surface area contributed by atoms with Crippen molar-refractivity contribution in [2.45, 2.75) is 38.1 Å². The fourth-order valence-electron chi connectivity index (χ4n) is 4.78. The molecule has 4 rings (SSSR count). The minimum Gasteiger partial charge on any atom is -0.352 e. The number of hydrogen-bond acceptors (Lipinski definition) is 5. The third-order valence-electron chi connectivity index (χ3n) is 6.96. The highest BCUT2D eigenvalue weighted by atomic mass is 32.2. The van der Waals surface area contributed by atoms with E-state index in [2.05, 4.69) is 17.1 Å². The Hall–Kier alpha value is -2.75. The maximum atomic E-state index is 12.9. The van der Waals surface area contributed by atoms with Crippen LogP contribution in [0.1, 0.15) is 30.0 Å². The average Bonchev–Trinajstić information content (AvgIpc) is 3.24. The van der Waals surface area contributed by atoms with Crippen LogP contribution in [-0.2, 0) is 32.6 Å². The van der Waals surface area contributed by atoms with Crippen LogP contribution in [-0.4, -0.2) is 69.2 Å². The van der Waals surface area contributed by atoms with E-state index in [1.807, 2.05) is 32.2 Å². The van der Waals surface area contributed by atoms with Crippen LogP contribution < -0.4 is 10.2 Å². The molecule has 1 atom stereocenters. The molecule has 0 saturated carbocycles. The molecular weight excluding hydrogens is 464 g/mol. The van der Waals surface area contributed by atoms with Crippen molar-refractivity contribution in [1.29, 1.82) is 0 Å². The molecule has 2 aromatic rings. The first-order chi connectivity index (χ1) is 16.7. The molecule has 0 aliphatic carbocycles. The molecule has 188 valence electrons. The zero-order valence-electron chi connectivity index (χ0n) is 20.7. The number of likely N-dealkylation sites (N-methyl/N-ethyl adjacent to an activating group) is 1. The van der Waals surface area contributed by atoms with Gasteiger partial charge in [-0.2, -0.15) is 4.31 Å². The summed E-state index contributed by atoms with van der Waals surface area (Å²) in [5.41, 5.74) is 3.87. The number of nitrogens with zero attached hydrogens (tertiary/aromatic N) is 3. The van der Waals surface area contributed by atoms with Crippen molar-refractivity contribution in [2.75, 3.05) is 44.7 Å². The lowest BCUT2D eigenvalue weighted by molar-refractivity contribution is -0.126. The number of sulfonamides is 1. The molecule has 2 aliphatic heterocycles. The summed E-state index contributed by atoms with van der Waals surface area (Å²) in [5, 5.41) is 2.92. The van der Waals surface area contributed by atoms with Gasteiger partial charge in [0.2, 0.25) is 21.8 Å². The molecule has 1 unspecified atom stereocenters. The monoisotopic (exact) mass is 498 g/mol. The molecule has 9 heteroatoms. The summed E-state index contributed by atoms with van der Waals surface area (Å²) in [6.07, 6.45) is 1.00. The van der Waals surface area contributed by atoms with E-state index < -0.39 is 15.9 Å². The molecule has 2 aromatic carbocycles. The molecule has 0 aromatic heterocycles. The summed E-state index contributed by atoms with van der Waals surface area (Å²) in [4.78, 5) is 29.7. The molecular formula is C26H34N4O4S. The zero-order chi connectivity index (χ0) is 25.2.